The Bertz CT molecular complexity index is 141. The van der Waals surface area contributed by atoms with Crippen molar-refractivity contribution in [3.05, 3.63) is 0 Å². The maximum atomic E-state index is 8.71. The van der Waals surface area contributed by atoms with Gasteiger partial charge in [0.15, 0.2) is 0 Å². The van der Waals surface area contributed by atoms with E-state index < -0.39 is 31.5 Å². The second kappa shape index (κ2) is 14.7. The van der Waals surface area contributed by atoms with Crippen LogP contribution in [0.1, 0.15) is 0 Å². The molecule has 0 aromatic heterocycles. The van der Waals surface area contributed by atoms with Gasteiger partial charge in [0.05, 0.1) is 26.4 Å². The molecule has 112 valence electrons. The average Bonchev–Trinajstić information content (AvgIpc) is 2.42. The summed E-state index contributed by atoms with van der Waals surface area (Å²) in [5.74, 6) is 0. The Hall–Kier alpha value is -0.360. The maximum absolute atomic E-state index is 8.71. The van der Waals surface area contributed by atoms with Crippen LogP contribution in [0.25, 0.3) is 0 Å². The minimum absolute atomic E-state index is 0.172. The van der Waals surface area contributed by atoms with Crippen LogP contribution in [0, 0.1) is 0 Å². The summed E-state index contributed by atoms with van der Waals surface area (Å²) < 4.78 is 0. The van der Waals surface area contributed by atoms with Gasteiger partial charge in [0.25, 0.3) is 0 Å². The van der Waals surface area contributed by atoms with Gasteiger partial charge < -0.3 is 35.7 Å². The molecule has 0 spiro atoms. The van der Waals surface area contributed by atoms with Gasteiger partial charge in [0.2, 0.25) is 0 Å². The van der Waals surface area contributed by atoms with E-state index in [2.05, 4.69) is 9.78 Å². The van der Waals surface area contributed by atoms with Gasteiger partial charge in [-0.05, 0) is 0 Å². The smallest absolute Gasteiger partial charge is 0.110 e. The van der Waals surface area contributed by atoms with Gasteiger partial charge in [-0.15, -0.1) is 0 Å². The zero-order valence-electron chi connectivity index (χ0n) is 9.92. The molecule has 0 bridgehead atoms. The van der Waals surface area contributed by atoms with Crippen molar-refractivity contribution in [3.8, 4) is 0 Å². The van der Waals surface area contributed by atoms with Crippen molar-refractivity contribution in [3.63, 3.8) is 0 Å². The second-order valence-corrected chi connectivity index (χ2v) is 3.26. The quantitative estimate of drug-likeness (QED) is 0.126. The molecule has 0 fully saturated rings. The number of hydrogen-bond donors (Lipinski definition) is 7. The molecular weight excluding hydrogens is 252 g/mol. The van der Waals surface area contributed by atoms with Crippen molar-refractivity contribution in [1.82, 2.24) is 0 Å². The third kappa shape index (κ3) is 15.6. The van der Waals surface area contributed by atoms with Gasteiger partial charge in [-0.2, -0.15) is 0 Å². The minimum atomic E-state index is -0.990. The zero-order valence-corrected chi connectivity index (χ0v) is 9.92. The summed E-state index contributed by atoms with van der Waals surface area (Å²) >= 11 is 0. The van der Waals surface area contributed by atoms with Crippen LogP contribution in [0.3, 0.4) is 0 Å². The van der Waals surface area contributed by atoms with Gasteiger partial charge in [-0.3, -0.25) is 0 Å². The van der Waals surface area contributed by atoms with Crippen molar-refractivity contribution in [1.29, 1.82) is 0 Å². The molecule has 0 heterocycles. The SMILES string of the molecule is OCC(O)CO.OCC(O)COOCC(O)CO. The summed E-state index contributed by atoms with van der Waals surface area (Å²) in [7, 11) is 0. The Balaban J connectivity index is 0. The third-order valence-electron chi connectivity index (χ3n) is 1.45. The summed E-state index contributed by atoms with van der Waals surface area (Å²) in [4.78, 5) is 8.76. The lowest BCUT2D eigenvalue weighted by molar-refractivity contribution is -0.316. The molecule has 0 aliphatic carbocycles. The van der Waals surface area contributed by atoms with Gasteiger partial charge in [0.1, 0.15) is 31.5 Å². The van der Waals surface area contributed by atoms with Crippen molar-refractivity contribution in [2.45, 2.75) is 18.3 Å². The molecule has 0 amide bonds. The molecule has 0 aromatic carbocycles. The van der Waals surface area contributed by atoms with Crippen LogP contribution in [0.5, 0.6) is 0 Å². The van der Waals surface area contributed by atoms with E-state index in [0.717, 1.165) is 0 Å². The van der Waals surface area contributed by atoms with E-state index in [1.54, 1.807) is 0 Å². The molecule has 7 N–H and O–H groups in total. The first-order valence-corrected chi connectivity index (χ1v) is 5.23. The standard InChI is InChI=1S/C6H14O6.C3H8O3/c7-1-5(9)3-11-12-4-6(10)2-8;4-1-3(6)2-5/h5-10H,1-4H2;3-6H,1-2H2. The first kappa shape index (κ1) is 20.0. The summed E-state index contributed by atoms with van der Waals surface area (Å²) in [6.07, 6.45) is -2.93. The van der Waals surface area contributed by atoms with Crippen LogP contribution in [0.2, 0.25) is 0 Å². The molecule has 0 saturated carbocycles. The van der Waals surface area contributed by atoms with Gasteiger partial charge in [-0.25, -0.2) is 9.78 Å². The van der Waals surface area contributed by atoms with Crippen LogP contribution in [-0.2, 0) is 9.78 Å². The highest BCUT2D eigenvalue weighted by atomic mass is 17.2. The molecular formula is C9H22O9. The predicted octanol–water partition coefficient (Wildman–Crippen LogP) is -4.03. The zero-order chi connectivity index (χ0) is 14.4. The number of hydrogen-bond acceptors (Lipinski definition) is 9. The second-order valence-electron chi connectivity index (χ2n) is 3.26. The molecule has 0 aliphatic heterocycles. The van der Waals surface area contributed by atoms with Gasteiger partial charge in [-0.1, -0.05) is 0 Å². The number of aliphatic hydroxyl groups is 7. The number of aliphatic hydroxyl groups excluding tert-OH is 7. The molecule has 2 unspecified atom stereocenters. The van der Waals surface area contributed by atoms with Crippen LogP contribution < -0.4 is 0 Å². The highest BCUT2D eigenvalue weighted by Crippen LogP contribution is 1.88. The van der Waals surface area contributed by atoms with E-state index >= 15 is 0 Å². The van der Waals surface area contributed by atoms with Gasteiger partial charge >= 0.3 is 0 Å². The van der Waals surface area contributed by atoms with E-state index in [-0.39, 0.29) is 26.4 Å². The molecule has 0 aliphatic rings. The Labute approximate surface area is 104 Å². The van der Waals surface area contributed by atoms with Crippen LogP contribution in [0.4, 0.5) is 0 Å². The summed E-state index contributed by atoms with van der Waals surface area (Å²) in [6, 6.07) is 0. The molecule has 9 nitrogen and oxygen atoms in total. The molecule has 2 atom stereocenters. The van der Waals surface area contributed by atoms with Crippen molar-refractivity contribution in [2.75, 3.05) is 39.6 Å². The van der Waals surface area contributed by atoms with Gasteiger partial charge in [0, 0.05) is 0 Å². The molecule has 0 rings (SSSR count). The fraction of sp³-hybridized carbons (Fsp3) is 1.00. The third-order valence-corrected chi connectivity index (χ3v) is 1.45. The summed E-state index contributed by atoms with van der Waals surface area (Å²) in [5, 5.41) is 58.1. The maximum Gasteiger partial charge on any atom is 0.110 e. The van der Waals surface area contributed by atoms with E-state index in [1.165, 1.54) is 0 Å². The van der Waals surface area contributed by atoms with E-state index in [1.807, 2.05) is 0 Å². The Morgan fingerprint density at radius 2 is 0.833 bits per heavy atom. The molecule has 9 heteroatoms. The Morgan fingerprint density at radius 3 is 1.00 bits per heavy atom. The van der Waals surface area contributed by atoms with E-state index in [0.29, 0.717) is 0 Å². The first-order valence-electron chi connectivity index (χ1n) is 5.23. The topological polar surface area (TPSA) is 160 Å². The average molecular weight is 274 g/mol. The van der Waals surface area contributed by atoms with Crippen LogP contribution in [0.15, 0.2) is 0 Å². The van der Waals surface area contributed by atoms with Crippen LogP contribution >= 0.6 is 0 Å². The van der Waals surface area contributed by atoms with Crippen molar-refractivity contribution in [2.24, 2.45) is 0 Å². The van der Waals surface area contributed by atoms with Crippen LogP contribution in [-0.4, -0.2) is 93.7 Å². The largest absolute Gasteiger partial charge is 0.394 e. The molecule has 0 aromatic rings. The van der Waals surface area contributed by atoms with Crippen molar-refractivity contribution < 1.29 is 45.5 Å². The van der Waals surface area contributed by atoms with E-state index in [9.17, 15) is 0 Å². The van der Waals surface area contributed by atoms with E-state index in [4.69, 9.17) is 35.7 Å². The molecule has 0 saturated heterocycles. The normalized spacial score (nSPS) is 14.0. The van der Waals surface area contributed by atoms with Crippen molar-refractivity contribution >= 4 is 0 Å². The molecule has 18 heavy (non-hydrogen) atoms. The summed E-state index contributed by atoms with van der Waals surface area (Å²) in [5.41, 5.74) is 0. The highest BCUT2D eigenvalue weighted by Gasteiger charge is 2.04. The lowest BCUT2D eigenvalue weighted by Crippen LogP contribution is -2.23. The first-order chi connectivity index (χ1) is 8.51. The fourth-order valence-electron chi connectivity index (χ4n) is 0.416. The Morgan fingerprint density at radius 1 is 0.556 bits per heavy atom. The predicted molar refractivity (Wildman–Crippen MR) is 58.3 cm³/mol. The minimum Gasteiger partial charge on any atom is -0.394 e. The Kier molecular flexibility index (Phi) is 16.3. The molecule has 0 radical (unpaired) electrons. The highest BCUT2D eigenvalue weighted by molar-refractivity contribution is 4.48. The lowest BCUT2D eigenvalue weighted by Gasteiger charge is -2.09. The summed E-state index contributed by atoms with van der Waals surface area (Å²) in [6.45, 7) is -1.89. The monoisotopic (exact) mass is 274 g/mol. The fourth-order valence-corrected chi connectivity index (χ4v) is 0.416. The lowest BCUT2D eigenvalue weighted by atomic mass is 10.4. The number of rotatable bonds is 9.